The SMILES string of the molecule is COC1=NC(NC(=O)NS(=O)(=O)c2c(-c3nnn(C)n3)cnn2C)=NC(OC)C1. The normalized spacial score (nSPS) is 16.8. The van der Waals surface area contributed by atoms with Crippen molar-refractivity contribution in [1.82, 2.24) is 40.0 Å². The van der Waals surface area contributed by atoms with Crippen molar-refractivity contribution < 1.29 is 22.7 Å². The molecule has 0 aliphatic carbocycles. The predicted octanol–water partition coefficient (Wildman–Crippen LogP) is -1.62. The molecule has 0 saturated heterocycles. The van der Waals surface area contributed by atoms with Crippen molar-refractivity contribution in [3.05, 3.63) is 6.20 Å². The third kappa shape index (κ3) is 4.37. The third-order valence-corrected chi connectivity index (χ3v) is 5.14. The molecule has 2 N–H and O–H groups in total. The van der Waals surface area contributed by atoms with Crippen LogP contribution in [0.15, 0.2) is 21.2 Å². The van der Waals surface area contributed by atoms with Crippen LogP contribution in [0.4, 0.5) is 4.79 Å². The Morgan fingerprint density at radius 1 is 1.31 bits per heavy atom. The highest BCUT2D eigenvalue weighted by molar-refractivity contribution is 7.90. The van der Waals surface area contributed by atoms with Gasteiger partial charge in [-0.1, -0.05) is 0 Å². The van der Waals surface area contributed by atoms with E-state index < -0.39 is 22.3 Å². The molecule has 3 heterocycles. The lowest BCUT2D eigenvalue weighted by Crippen LogP contribution is -2.44. The number of carbonyl (C=O) groups is 1. The van der Waals surface area contributed by atoms with Crippen LogP contribution in [-0.4, -0.2) is 76.7 Å². The molecule has 29 heavy (non-hydrogen) atoms. The average Bonchev–Trinajstić information content (AvgIpc) is 3.26. The molecule has 2 aromatic rings. The highest BCUT2D eigenvalue weighted by Crippen LogP contribution is 2.23. The summed E-state index contributed by atoms with van der Waals surface area (Å²) in [7, 11) is 1.41. The molecule has 1 unspecified atom stereocenters. The Balaban J connectivity index is 1.82. The topological polar surface area (TPSA) is 180 Å². The second-order valence-corrected chi connectivity index (χ2v) is 7.30. The first-order valence-electron chi connectivity index (χ1n) is 8.05. The van der Waals surface area contributed by atoms with Crippen LogP contribution in [0.2, 0.25) is 0 Å². The zero-order valence-corrected chi connectivity index (χ0v) is 16.7. The fraction of sp³-hybridized carbons (Fsp3) is 0.462. The van der Waals surface area contributed by atoms with Crippen molar-refractivity contribution >= 4 is 27.9 Å². The fourth-order valence-electron chi connectivity index (χ4n) is 2.44. The van der Waals surface area contributed by atoms with Gasteiger partial charge in [0.15, 0.2) is 17.2 Å². The molecule has 2 amide bonds. The summed E-state index contributed by atoms with van der Waals surface area (Å²) in [6, 6.07) is -1.08. The van der Waals surface area contributed by atoms with Gasteiger partial charge in [-0.15, -0.1) is 10.2 Å². The number of sulfonamides is 1. The summed E-state index contributed by atoms with van der Waals surface area (Å²) in [6.07, 6.45) is 0.912. The molecule has 16 heteroatoms. The third-order valence-electron chi connectivity index (χ3n) is 3.69. The molecule has 0 bridgehead atoms. The van der Waals surface area contributed by atoms with Gasteiger partial charge in [0.25, 0.3) is 10.0 Å². The van der Waals surface area contributed by atoms with Crippen molar-refractivity contribution in [3.8, 4) is 11.4 Å². The number of ether oxygens (including phenoxy) is 2. The molecule has 0 spiro atoms. The quantitative estimate of drug-likeness (QED) is 0.580. The number of rotatable bonds is 4. The second-order valence-electron chi connectivity index (χ2n) is 5.71. The zero-order valence-electron chi connectivity index (χ0n) is 15.9. The van der Waals surface area contributed by atoms with Gasteiger partial charge in [0, 0.05) is 14.2 Å². The molecule has 156 valence electrons. The second kappa shape index (κ2) is 7.92. The van der Waals surface area contributed by atoms with E-state index in [9.17, 15) is 13.2 Å². The number of nitrogens with one attached hydrogen (secondary N) is 2. The minimum atomic E-state index is -4.35. The molecule has 1 aliphatic heterocycles. The van der Waals surface area contributed by atoms with Gasteiger partial charge < -0.3 is 9.47 Å². The number of nitrogens with zero attached hydrogens (tertiary/aromatic N) is 8. The number of hydrogen-bond donors (Lipinski definition) is 2. The summed E-state index contributed by atoms with van der Waals surface area (Å²) in [5, 5.41) is 17.2. The first-order valence-corrected chi connectivity index (χ1v) is 9.54. The van der Waals surface area contributed by atoms with Gasteiger partial charge in [-0.3, -0.25) is 10.00 Å². The standard InChI is InChI=1S/C13H18N10O5S/c1-22-11(7(6-14-22)10-18-21-23(2)19-10)29(25,26)20-13(24)17-12-15-8(27-3)5-9(16-12)28-4/h6,8H,5H2,1-4H3,(H2,15,17,20,24). The maximum atomic E-state index is 12.8. The largest absolute Gasteiger partial charge is 0.484 e. The summed E-state index contributed by atoms with van der Waals surface area (Å²) >= 11 is 0. The monoisotopic (exact) mass is 426 g/mol. The molecular weight excluding hydrogens is 408 g/mol. The Hall–Kier alpha value is -3.40. The Bertz CT molecular complexity index is 1090. The minimum Gasteiger partial charge on any atom is -0.484 e. The molecule has 0 aromatic carbocycles. The molecule has 1 atom stereocenters. The molecule has 1 aliphatic rings. The summed E-state index contributed by atoms with van der Waals surface area (Å²) < 4.78 is 38.6. The Morgan fingerprint density at radius 3 is 2.69 bits per heavy atom. The van der Waals surface area contributed by atoms with E-state index >= 15 is 0 Å². The summed E-state index contributed by atoms with van der Waals surface area (Å²) in [5.74, 6) is 0.149. The van der Waals surface area contributed by atoms with Crippen LogP contribution in [0.25, 0.3) is 11.4 Å². The van der Waals surface area contributed by atoms with E-state index in [-0.39, 0.29) is 34.7 Å². The average molecular weight is 426 g/mol. The van der Waals surface area contributed by atoms with Gasteiger partial charge in [-0.05, 0) is 5.21 Å². The van der Waals surface area contributed by atoms with E-state index in [1.54, 1.807) is 0 Å². The van der Waals surface area contributed by atoms with Gasteiger partial charge in [-0.25, -0.2) is 14.5 Å². The summed E-state index contributed by atoms with van der Waals surface area (Å²) in [5.41, 5.74) is 0.0787. The Morgan fingerprint density at radius 2 is 2.07 bits per heavy atom. The molecule has 2 aromatic heterocycles. The molecular formula is C13H18N10O5S. The number of aliphatic imine (C=N–C) groups is 2. The van der Waals surface area contributed by atoms with E-state index in [0.29, 0.717) is 0 Å². The van der Waals surface area contributed by atoms with Crippen LogP contribution in [-0.2, 0) is 33.6 Å². The lowest BCUT2D eigenvalue weighted by atomic mass is 10.3. The van der Waals surface area contributed by atoms with Crippen molar-refractivity contribution in [2.45, 2.75) is 17.7 Å². The van der Waals surface area contributed by atoms with Gasteiger partial charge in [0.05, 0.1) is 32.3 Å². The van der Waals surface area contributed by atoms with Crippen molar-refractivity contribution in [3.63, 3.8) is 0 Å². The fourth-order valence-corrected chi connectivity index (χ4v) is 3.66. The molecule has 0 saturated carbocycles. The number of tetrazole rings is 1. The number of aromatic nitrogens is 6. The van der Waals surface area contributed by atoms with Crippen LogP contribution in [0, 0.1) is 0 Å². The number of hydrogen-bond acceptors (Lipinski definition) is 11. The maximum absolute atomic E-state index is 12.8. The number of urea groups is 1. The van der Waals surface area contributed by atoms with Gasteiger partial charge in [0.2, 0.25) is 11.8 Å². The van der Waals surface area contributed by atoms with Crippen LogP contribution >= 0.6 is 0 Å². The van der Waals surface area contributed by atoms with E-state index in [0.717, 1.165) is 9.48 Å². The highest BCUT2D eigenvalue weighted by Gasteiger charge is 2.29. The number of carbonyl (C=O) groups excluding carboxylic acids is 1. The van der Waals surface area contributed by atoms with E-state index in [1.807, 2.05) is 4.72 Å². The highest BCUT2D eigenvalue weighted by atomic mass is 32.2. The molecule has 0 radical (unpaired) electrons. The van der Waals surface area contributed by atoms with Crippen LogP contribution < -0.4 is 10.0 Å². The first-order chi connectivity index (χ1) is 13.7. The number of methoxy groups -OCH3 is 2. The lowest BCUT2D eigenvalue weighted by molar-refractivity contribution is 0.110. The predicted molar refractivity (Wildman–Crippen MR) is 97.1 cm³/mol. The van der Waals surface area contributed by atoms with Crippen molar-refractivity contribution in [1.29, 1.82) is 0 Å². The first kappa shape index (κ1) is 20.3. The van der Waals surface area contributed by atoms with E-state index in [4.69, 9.17) is 9.47 Å². The van der Waals surface area contributed by atoms with Gasteiger partial charge in [0.1, 0.15) is 0 Å². The Labute approximate surface area is 164 Å². The van der Waals surface area contributed by atoms with Crippen molar-refractivity contribution in [2.24, 2.45) is 24.1 Å². The molecule has 3 rings (SSSR count). The number of amides is 2. The number of aryl methyl sites for hydroxylation is 2. The van der Waals surface area contributed by atoms with Crippen LogP contribution in [0.1, 0.15) is 6.42 Å². The van der Waals surface area contributed by atoms with Crippen molar-refractivity contribution in [2.75, 3.05) is 14.2 Å². The van der Waals surface area contributed by atoms with E-state index in [2.05, 4.69) is 35.8 Å². The zero-order chi connectivity index (χ0) is 21.2. The molecule has 15 nitrogen and oxygen atoms in total. The van der Waals surface area contributed by atoms with Gasteiger partial charge in [-0.2, -0.15) is 23.3 Å². The minimum absolute atomic E-state index is 0.0373. The van der Waals surface area contributed by atoms with Crippen LogP contribution in [0.3, 0.4) is 0 Å². The van der Waals surface area contributed by atoms with Crippen LogP contribution in [0.5, 0.6) is 0 Å². The molecule has 0 fully saturated rings. The lowest BCUT2D eigenvalue weighted by Gasteiger charge is -2.18. The number of guanidine groups is 1. The smallest absolute Gasteiger partial charge is 0.335 e. The maximum Gasteiger partial charge on any atom is 0.335 e. The summed E-state index contributed by atoms with van der Waals surface area (Å²) in [6.45, 7) is 0. The van der Waals surface area contributed by atoms with Gasteiger partial charge >= 0.3 is 6.03 Å². The Kier molecular flexibility index (Phi) is 5.55. The van der Waals surface area contributed by atoms with E-state index in [1.165, 1.54) is 34.5 Å². The summed E-state index contributed by atoms with van der Waals surface area (Å²) in [4.78, 5) is 21.4.